The van der Waals surface area contributed by atoms with Crippen LogP contribution in [0.3, 0.4) is 0 Å². The van der Waals surface area contributed by atoms with Crippen LogP contribution in [0.1, 0.15) is 0 Å². The summed E-state index contributed by atoms with van der Waals surface area (Å²) in [5.41, 5.74) is 0. The minimum absolute atomic E-state index is 1.21. The molecule has 0 aliphatic rings. The summed E-state index contributed by atoms with van der Waals surface area (Å²) in [5.74, 6) is 0. The molecule has 0 atom stereocenters. The van der Waals surface area contributed by atoms with Gasteiger partial charge in [0.2, 0.25) is 0 Å². The van der Waals surface area contributed by atoms with E-state index in [0.717, 1.165) is 0 Å². The van der Waals surface area contributed by atoms with E-state index in [9.17, 15) is 22.0 Å². The summed E-state index contributed by atoms with van der Waals surface area (Å²) in [6.07, 6.45) is -5.30. The first-order valence-corrected chi connectivity index (χ1v) is 20.0. The molecule has 0 nitrogen and oxygen atoms in total. The van der Waals surface area contributed by atoms with Crippen LogP contribution >= 0.6 is 17.7 Å². The molecule has 0 radical (unpaired) electrons. The van der Waals surface area contributed by atoms with E-state index in [1.807, 2.05) is 0 Å². The molecule has 0 aliphatic carbocycles. The first kappa shape index (κ1) is 10.3. The normalized spacial score (nSPS) is 13.1. The van der Waals surface area contributed by atoms with Crippen molar-refractivity contribution in [1.29, 1.82) is 0 Å². The van der Waals surface area contributed by atoms with Gasteiger partial charge >= 0.3 is 69.5 Å². The molecule has 0 rings (SSSR count). The van der Waals surface area contributed by atoms with Gasteiger partial charge in [0.05, 0.1) is 0 Å². The van der Waals surface area contributed by atoms with Crippen molar-refractivity contribution in [2.75, 3.05) is 0 Å². The van der Waals surface area contributed by atoms with E-state index < -0.39 is 29.9 Å². The standard InChI is InChI=1S/C2F5.Hg.HI/c3-1(4)2(5,6)7;;/h;;1H/q;+1;/p-1. The maximum atomic E-state index is 11.6. The average Bonchev–Trinajstić information content (AvgIpc) is 1.64. The van der Waals surface area contributed by atoms with E-state index >= 15 is 0 Å². The summed E-state index contributed by atoms with van der Waals surface area (Å²) >= 11 is -1.82. The fourth-order valence-corrected chi connectivity index (χ4v) is 4.46. The molecule has 0 aromatic carbocycles. The first-order valence-electron chi connectivity index (χ1n) is 1.82. The van der Waals surface area contributed by atoms with Crippen molar-refractivity contribution in [3.05, 3.63) is 0 Å². The molecule has 0 spiro atoms. The second kappa shape index (κ2) is 3.14. The van der Waals surface area contributed by atoms with Crippen molar-refractivity contribution in [2.24, 2.45) is 0 Å². The summed E-state index contributed by atoms with van der Waals surface area (Å²) in [7, 11) is 0. The Labute approximate surface area is 69.0 Å². The van der Waals surface area contributed by atoms with Crippen molar-refractivity contribution in [2.45, 2.75) is 9.61 Å². The Morgan fingerprint density at radius 3 is 1.33 bits per heavy atom. The van der Waals surface area contributed by atoms with Gasteiger partial charge in [-0.05, 0) is 0 Å². The second-order valence-electron chi connectivity index (χ2n) is 1.34. The summed E-state index contributed by atoms with van der Waals surface area (Å²) in [4.78, 5) is 0. The Hall–Kier alpha value is 1.32. The van der Waals surface area contributed by atoms with Crippen LogP contribution in [-0.2, 0) is 20.2 Å². The fraction of sp³-hybridized carbons (Fsp3) is 1.00. The number of halogens is 6. The van der Waals surface area contributed by atoms with Crippen molar-refractivity contribution in [3.63, 3.8) is 0 Å². The number of hydrogen-bond acceptors (Lipinski definition) is 0. The second-order valence-corrected chi connectivity index (χ2v) is 12.5. The Morgan fingerprint density at radius 1 is 1.00 bits per heavy atom. The van der Waals surface area contributed by atoms with Crippen LogP contribution in [0.2, 0.25) is 0 Å². The van der Waals surface area contributed by atoms with Gasteiger partial charge < -0.3 is 0 Å². The molecular weight excluding hydrogens is 447 g/mol. The average molecular weight is 447 g/mol. The molecule has 9 heavy (non-hydrogen) atoms. The SMILES string of the molecule is FC(F)(F)[C](F)(F)[Hg][I]. The fourth-order valence-electron chi connectivity index (χ4n) is 0.0758. The van der Waals surface area contributed by atoms with Crippen molar-refractivity contribution >= 4 is 17.7 Å². The van der Waals surface area contributed by atoms with Gasteiger partial charge in [0.1, 0.15) is 0 Å². The zero-order chi connectivity index (χ0) is 7.71. The Morgan fingerprint density at radius 2 is 1.33 bits per heavy atom. The molecule has 0 unspecified atom stereocenters. The predicted octanol–water partition coefficient (Wildman–Crippen LogP) is 2.57. The molecule has 52 valence electrons. The minimum atomic E-state index is -5.30. The molecule has 0 saturated heterocycles. The van der Waals surface area contributed by atoms with Crippen molar-refractivity contribution in [3.8, 4) is 0 Å². The van der Waals surface area contributed by atoms with Gasteiger partial charge in [-0.15, -0.1) is 0 Å². The van der Waals surface area contributed by atoms with Gasteiger partial charge in [-0.25, -0.2) is 0 Å². The third-order valence-electron chi connectivity index (χ3n) is 0.583. The van der Waals surface area contributed by atoms with Crippen LogP contribution in [0.15, 0.2) is 0 Å². The summed E-state index contributed by atoms with van der Waals surface area (Å²) < 4.78 is 52.3. The molecule has 0 amide bonds. The van der Waals surface area contributed by atoms with Crippen LogP contribution < -0.4 is 0 Å². The molecular formula is C2F5HgI. The Kier molecular flexibility index (Phi) is 3.60. The number of alkyl halides is 5. The van der Waals surface area contributed by atoms with Gasteiger partial charge in [0.25, 0.3) is 0 Å². The summed E-state index contributed by atoms with van der Waals surface area (Å²) in [6.45, 7) is 0. The molecule has 0 saturated carbocycles. The summed E-state index contributed by atoms with van der Waals surface area (Å²) in [6, 6.07) is 0. The van der Waals surface area contributed by atoms with Gasteiger partial charge in [-0.2, -0.15) is 0 Å². The summed E-state index contributed by atoms with van der Waals surface area (Å²) in [5, 5.41) is 0. The van der Waals surface area contributed by atoms with Crippen LogP contribution in [0, 0.1) is 0 Å². The van der Waals surface area contributed by atoms with Gasteiger partial charge in [0.15, 0.2) is 0 Å². The molecule has 0 heterocycles. The van der Waals surface area contributed by atoms with E-state index in [-0.39, 0.29) is 0 Å². The maximum absolute atomic E-state index is 11.6. The molecule has 0 bridgehead atoms. The van der Waals surface area contributed by atoms with E-state index in [1.54, 1.807) is 0 Å². The third kappa shape index (κ3) is 2.81. The topological polar surface area (TPSA) is 0 Å². The molecule has 0 fully saturated rings. The van der Waals surface area contributed by atoms with Crippen LogP contribution in [-0.4, -0.2) is 9.61 Å². The number of rotatable bonds is 1. The van der Waals surface area contributed by atoms with Crippen LogP contribution in [0.4, 0.5) is 22.0 Å². The molecule has 0 aliphatic heterocycles. The quantitative estimate of drug-likeness (QED) is 0.330. The predicted molar refractivity (Wildman–Crippen MR) is 25.0 cm³/mol. The zero-order valence-electron chi connectivity index (χ0n) is 3.97. The Bertz CT molecular complexity index is 97.6. The molecule has 0 aromatic rings. The van der Waals surface area contributed by atoms with Gasteiger partial charge in [-0.3, -0.25) is 0 Å². The third-order valence-corrected chi connectivity index (χ3v) is 11.9. The van der Waals surface area contributed by atoms with Crippen molar-refractivity contribution in [1.82, 2.24) is 0 Å². The Balaban J connectivity index is 4.14. The molecule has 0 N–H and O–H groups in total. The monoisotopic (exact) mass is 448 g/mol. The van der Waals surface area contributed by atoms with Crippen LogP contribution in [0.25, 0.3) is 0 Å². The van der Waals surface area contributed by atoms with E-state index in [2.05, 4.69) is 0 Å². The van der Waals surface area contributed by atoms with Crippen LogP contribution in [0.5, 0.6) is 0 Å². The van der Waals surface area contributed by atoms with Gasteiger partial charge in [-0.1, -0.05) is 0 Å². The van der Waals surface area contributed by atoms with E-state index in [0.29, 0.717) is 0 Å². The first-order chi connectivity index (χ1) is 3.81. The molecule has 7 heteroatoms. The number of hydrogen-bond donors (Lipinski definition) is 0. The van der Waals surface area contributed by atoms with Gasteiger partial charge in [0, 0.05) is 0 Å². The zero-order valence-corrected chi connectivity index (χ0v) is 11.6. The van der Waals surface area contributed by atoms with Crippen molar-refractivity contribution < 1.29 is 42.2 Å². The molecule has 0 aromatic heterocycles. The van der Waals surface area contributed by atoms with E-state index in [1.165, 1.54) is 17.7 Å². The van der Waals surface area contributed by atoms with E-state index in [4.69, 9.17) is 0 Å².